The molecule has 0 atom stereocenters. The fourth-order valence-electron chi connectivity index (χ4n) is 2.45. The van der Waals surface area contributed by atoms with Crippen molar-refractivity contribution in [2.45, 2.75) is 6.42 Å². The van der Waals surface area contributed by atoms with E-state index in [-0.39, 0.29) is 0 Å². The van der Waals surface area contributed by atoms with Gasteiger partial charge in [-0.05, 0) is 18.6 Å². The molecular formula is C16H16BrNO. The quantitative estimate of drug-likeness (QED) is 0.765. The van der Waals surface area contributed by atoms with Gasteiger partial charge in [-0.2, -0.15) is 0 Å². The second-order valence-electron chi connectivity index (χ2n) is 4.57. The van der Waals surface area contributed by atoms with E-state index >= 15 is 0 Å². The van der Waals surface area contributed by atoms with Crippen LogP contribution in [0.1, 0.15) is 12.0 Å². The summed E-state index contributed by atoms with van der Waals surface area (Å²) in [5.41, 5.74) is 3.72. The van der Waals surface area contributed by atoms with E-state index in [4.69, 9.17) is 4.74 Å². The summed E-state index contributed by atoms with van der Waals surface area (Å²) in [4.78, 5) is 2.26. The van der Waals surface area contributed by atoms with Crippen molar-refractivity contribution in [3.05, 3.63) is 59.8 Å². The van der Waals surface area contributed by atoms with E-state index in [1.54, 1.807) is 0 Å². The van der Waals surface area contributed by atoms with Crippen molar-refractivity contribution in [1.29, 1.82) is 0 Å². The lowest BCUT2D eigenvalue weighted by molar-refractivity contribution is 0.180. The maximum absolute atomic E-state index is 5.93. The van der Waals surface area contributed by atoms with Crippen LogP contribution in [0, 0.1) is 0 Å². The van der Waals surface area contributed by atoms with Crippen molar-refractivity contribution < 1.29 is 4.74 Å². The van der Waals surface area contributed by atoms with E-state index in [0.29, 0.717) is 6.73 Å². The van der Waals surface area contributed by atoms with Crippen LogP contribution in [-0.2, 0) is 0 Å². The highest BCUT2D eigenvalue weighted by atomic mass is 79.9. The minimum Gasteiger partial charge on any atom is -0.472 e. The summed E-state index contributed by atoms with van der Waals surface area (Å²) in [7, 11) is 0. The van der Waals surface area contributed by atoms with Gasteiger partial charge in [0.25, 0.3) is 0 Å². The topological polar surface area (TPSA) is 12.5 Å². The number of benzene rings is 1. The molecule has 2 aliphatic rings. The van der Waals surface area contributed by atoms with Crippen LogP contribution in [0.5, 0.6) is 5.75 Å². The molecule has 0 unspecified atom stereocenters. The zero-order valence-electron chi connectivity index (χ0n) is 10.7. The maximum atomic E-state index is 5.93. The summed E-state index contributed by atoms with van der Waals surface area (Å²) in [6, 6.07) is 8.28. The van der Waals surface area contributed by atoms with E-state index in [2.05, 4.69) is 57.3 Å². The lowest BCUT2D eigenvalue weighted by atomic mass is 9.98. The van der Waals surface area contributed by atoms with Crippen LogP contribution in [0.15, 0.2) is 54.3 Å². The fraction of sp³-hybridized carbons (Fsp3) is 0.250. The molecule has 98 valence electrons. The standard InChI is InChI=1S/C16H16BrNO/c17-10-5-7-13-14-6-1-2-9-16(14)19-12-18-11-4-3-8-15(13)18/h1-4,6-9H,5,10-12H2. The van der Waals surface area contributed by atoms with Gasteiger partial charge in [0, 0.05) is 28.7 Å². The predicted octanol–water partition coefficient (Wildman–Crippen LogP) is 3.96. The molecule has 3 rings (SSSR count). The second-order valence-corrected chi connectivity index (χ2v) is 5.36. The molecule has 1 aromatic rings. The van der Waals surface area contributed by atoms with Crippen LogP contribution in [0.3, 0.4) is 0 Å². The molecule has 19 heavy (non-hydrogen) atoms. The SMILES string of the molecule is BrCCC=C1C2=CC=CCN2COc2ccccc21. The normalized spacial score (nSPS) is 19.3. The largest absolute Gasteiger partial charge is 0.472 e. The Morgan fingerprint density at radius 1 is 1.32 bits per heavy atom. The third-order valence-electron chi connectivity index (χ3n) is 3.34. The van der Waals surface area contributed by atoms with Crippen molar-refractivity contribution in [3.8, 4) is 5.75 Å². The highest BCUT2D eigenvalue weighted by Crippen LogP contribution is 2.36. The average molecular weight is 318 g/mol. The van der Waals surface area contributed by atoms with Gasteiger partial charge < -0.3 is 9.64 Å². The Kier molecular flexibility index (Phi) is 3.74. The van der Waals surface area contributed by atoms with Gasteiger partial charge >= 0.3 is 0 Å². The molecule has 0 spiro atoms. The second kappa shape index (κ2) is 5.66. The van der Waals surface area contributed by atoms with Crippen molar-refractivity contribution in [2.24, 2.45) is 0 Å². The monoisotopic (exact) mass is 317 g/mol. The summed E-state index contributed by atoms with van der Waals surface area (Å²) >= 11 is 3.50. The lowest BCUT2D eigenvalue weighted by Gasteiger charge is -2.26. The van der Waals surface area contributed by atoms with Crippen molar-refractivity contribution in [3.63, 3.8) is 0 Å². The Morgan fingerprint density at radius 2 is 2.21 bits per heavy atom. The number of hydrogen-bond donors (Lipinski definition) is 0. The van der Waals surface area contributed by atoms with Crippen LogP contribution in [-0.4, -0.2) is 23.5 Å². The zero-order valence-corrected chi connectivity index (χ0v) is 12.3. The first-order valence-electron chi connectivity index (χ1n) is 6.50. The Bertz CT molecular complexity index is 560. The number of hydrogen-bond acceptors (Lipinski definition) is 2. The van der Waals surface area contributed by atoms with Gasteiger partial charge in [0.15, 0.2) is 6.73 Å². The number of rotatable bonds is 2. The number of allylic oxidation sites excluding steroid dienone is 4. The highest BCUT2D eigenvalue weighted by molar-refractivity contribution is 9.09. The Morgan fingerprint density at radius 3 is 3.11 bits per heavy atom. The number of ether oxygens (including phenoxy) is 1. The molecule has 1 aromatic carbocycles. The van der Waals surface area contributed by atoms with Crippen molar-refractivity contribution in [2.75, 3.05) is 18.6 Å². The Balaban J connectivity index is 2.11. The fourth-order valence-corrected chi connectivity index (χ4v) is 2.68. The first kappa shape index (κ1) is 12.5. The molecule has 2 nitrogen and oxygen atoms in total. The molecule has 3 heteroatoms. The van der Waals surface area contributed by atoms with Crippen LogP contribution >= 0.6 is 15.9 Å². The zero-order chi connectivity index (χ0) is 13.1. The summed E-state index contributed by atoms with van der Waals surface area (Å²) in [5.74, 6) is 0.971. The molecule has 2 aliphatic heterocycles. The van der Waals surface area contributed by atoms with Gasteiger partial charge in [0.05, 0.1) is 0 Å². The lowest BCUT2D eigenvalue weighted by Crippen LogP contribution is -2.27. The van der Waals surface area contributed by atoms with Gasteiger partial charge in [-0.3, -0.25) is 0 Å². The smallest absolute Gasteiger partial charge is 0.161 e. The van der Waals surface area contributed by atoms with Gasteiger partial charge in [-0.15, -0.1) is 0 Å². The molecule has 0 N–H and O–H groups in total. The maximum Gasteiger partial charge on any atom is 0.161 e. The van der Waals surface area contributed by atoms with Crippen LogP contribution in [0.2, 0.25) is 0 Å². The molecule has 0 radical (unpaired) electrons. The van der Waals surface area contributed by atoms with Crippen LogP contribution in [0.25, 0.3) is 5.57 Å². The van der Waals surface area contributed by atoms with E-state index in [9.17, 15) is 0 Å². The first-order valence-corrected chi connectivity index (χ1v) is 7.63. The van der Waals surface area contributed by atoms with Gasteiger partial charge in [0.1, 0.15) is 5.75 Å². The third-order valence-corrected chi connectivity index (χ3v) is 3.80. The van der Waals surface area contributed by atoms with Crippen LogP contribution in [0.4, 0.5) is 0 Å². The summed E-state index contributed by atoms with van der Waals surface area (Å²) in [5, 5.41) is 0.975. The molecule has 2 heterocycles. The van der Waals surface area contributed by atoms with E-state index < -0.39 is 0 Å². The van der Waals surface area contributed by atoms with E-state index in [0.717, 1.165) is 24.0 Å². The molecule has 0 amide bonds. The van der Waals surface area contributed by atoms with Crippen molar-refractivity contribution >= 4 is 21.5 Å². The Hall–Kier alpha value is -1.48. The molecule has 0 fully saturated rings. The van der Waals surface area contributed by atoms with E-state index in [1.165, 1.54) is 16.8 Å². The molecule has 0 aliphatic carbocycles. The molecule has 0 aromatic heterocycles. The highest BCUT2D eigenvalue weighted by Gasteiger charge is 2.22. The average Bonchev–Trinajstić information content (AvgIpc) is 2.62. The van der Waals surface area contributed by atoms with E-state index in [1.807, 2.05) is 12.1 Å². The summed E-state index contributed by atoms with van der Waals surface area (Å²) in [6.07, 6.45) is 9.76. The molecule has 0 saturated heterocycles. The predicted molar refractivity (Wildman–Crippen MR) is 82.3 cm³/mol. The van der Waals surface area contributed by atoms with Gasteiger partial charge in [0.2, 0.25) is 0 Å². The number of nitrogens with zero attached hydrogens (tertiary/aromatic N) is 1. The minimum absolute atomic E-state index is 0.610. The van der Waals surface area contributed by atoms with Crippen LogP contribution < -0.4 is 4.74 Å². The van der Waals surface area contributed by atoms with Gasteiger partial charge in [-0.25, -0.2) is 0 Å². The Labute approximate surface area is 122 Å². The molecule has 0 bridgehead atoms. The van der Waals surface area contributed by atoms with Crippen molar-refractivity contribution in [1.82, 2.24) is 4.90 Å². The number of alkyl halides is 1. The molecular weight excluding hydrogens is 302 g/mol. The molecule has 0 saturated carbocycles. The number of para-hydroxylation sites is 1. The number of halogens is 1. The summed E-state index contributed by atoms with van der Waals surface area (Å²) < 4.78 is 5.93. The minimum atomic E-state index is 0.610. The third kappa shape index (κ3) is 2.47. The number of fused-ring (bicyclic) bond motifs is 2. The summed E-state index contributed by atoms with van der Waals surface area (Å²) in [6.45, 7) is 1.52. The van der Waals surface area contributed by atoms with Gasteiger partial charge in [-0.1, -0.05) is 52.4 Å². The first-order chi connectivity index (χ1) is 9.40.